The molecule has 1 N–H and O–H groups in total. The molecule has 0 saturated heterocycles. The van der Waals surface area contributed by atoms with Gasteiger partial charge in [0.25, 0.3) is 0 Å². The average Bonchev–Trinajstić information content (AvgIpc) is 2.74. The predicted octanol–water partition coefficient (Wildman–Crippen LogP) is 2.70. The third-order valence-electron chi connectivity index (χ3n) is 4.56. The van der Waals surface area contributed by atoms with E-state index in [2.05, 4.69) is 15.3 Å². The molecule has 0 saturated carbocycles. The van der Waals surface area contributed by atoms with E-state index in [9.17, 15) is 19.2 Å². The SMILES string of the molecule is CC(=O)CCOCC(COCCC(C)=O)(COCCC(C)=O)NC(=O)CCCCCN=[N+]=[N-]. The van der Waals surface area contributed by atoms with E-state index in [1.54, 1.807) is 0 Å². The van der Waals surface area contributed by atoms with Crippen molar-refractivity contribution in [3.8, 4) is 0 Å². The molecule has 11 nitrogen and oxygen atoms in total. The lowest BCUT2D eigenvalue weighted by molar-refractivity contribution is -0.129. The number of hydrogen-bond acceptors (Lipinski definition) is 8. The van der Waals surface area contributed by atoms with Gasteiger partial charge in [-0.2, -0.15) is 0 Å². The lowest BCUT2D eigenvalue weighted by Crippen LogP contribution is -2.58. The Hall–Kier alpha value is -2.33. The van der Waals surface area contributed by atoms with Gasteiger partial charge in [-0.05, 0) is 39.1 Å². The Kier molecular flexibility index (Phi) is 17.8. The monoisotopic (exact) mass is 470 g/mol. The second-order valence-corrected chi connectivity index (χ2v) is 8.11. The summed E-state index contributed by atoms with van der Waals surface area (Å²) in [4.78, 5) is 49.0. The number of nitrogens with one attached hydrogen (secondary N) is 1. The minimum absolute atomic E-state index is 0.0132. The van der Waals surface area contributed by atoms with E-state index >= 15 is 0 Å². The summed E-state index contributed by atoms with van der Waals surface area (Å²) in [6, 6.07) is 0. The lowest BCUT2D eigenvalue weighted by atomic mass is 10.0. The predicted molar refractivity (Wildman–Crippen MR) is 122 cm³/mol. The normalized spacial score (nSPS) is 11.0. The number of carbonyl (C=O) groups excluding carboxylic acids is 4. The number of ketones is 3. The Morgan fingerprint density at radius 3 is 1.61 bits per heavy atom. The van der Waals surface area contributed by atoms with Crippen molar-refractivity contribution in [3.63, 3.8) is 0 Å². The Balaban J connectivity index is 5.09. The van der Waals surface area contributed by atoms with Crippen LogP contribution in [0.4, 0.5) is 0 Å². The quantitative estimate of drug-likeness (QED) is 0.110. The second kappa shape index (κ2) is 19.2. The minimum Gasteiger partial charge on any atom is -0.378 e. The van der Waals surface area contributed by atoms with Crippen LogP contribution in [-0.4, -0.2) is 75.0 Å². The summed E-state index contributed by atoms with van der Waals surface area (Å²) < 4.78 is 17.0. The summed E-state index contributed by atoms with van der Waals surface area (Å²) in [5.74, 6) is -0.262. The van der Waals surface area contributed by atoms with Crippen LogP contribution < -0.4 is 5.32 Å². The molecular formula is C22H38N4O7. The second-order valence-electron chi connectivity index (χ2n) is 8.11. The summed E-state index contributed by atoms with van der Waals surface area (Å²) in [5.41, 5.74) is 7.26. The lowest BCUT2D eigenvalue weighted by Gasteiger charge is -2.34. The Morgan fingerprint density at radius 1 is 0.758 bits per heavy atom. The van der Waals surface area contributed by atoms with Crippen molar-refractivity contribution in [2.24, 2.45) is 5.11 Å². The van der Waals surface area contributed by atoms with Crippen LogP contribution in [0.25, 0.3) is 10.4 Å². The Labute approximate surface area is 195 Å². The molecule has 11 heteroatoms. The molecule has 0 aliphatic carbocycles. The molecule has 0 aliphatic heterocycles. The van der Waals surface area contributed by atoms with Crippen molar-refractivity contribution in [2.75, 3.05) is 46.2 Å². The molecule has 188 valence electrons. The highest BCUT2D eigenvalue weighted by Gasteiger charge is 2.33. The molecule has 0 fully saturated rings. The molecule has 0 aromatic rings. The van der Waals surface area contributed by atoms with E-state index in [0.717, 1.165) is 6.42 Å². The maximum absolute atomic E-state index is 12.6. The van der Waals surface area contributed by atoms with Crippen LogP contribution in [0.5, 0.6) is 0 Å². The van der Waals surface area contributed by atoms with E-state index in [1.807, 2.05) is 0 Å². The molecule has 33 heavy (non-hydrogen) atoms. The van der Waals surface area contributed by atoms with Crippen LogP contribution in [0.3, 0.4) is 0 Å². The van der Waals surface area contributed by atoms with E-state index < -0.39 is 5.54 Å². The molecule has 0 heterocycles. The maximum atomic E-state index is 12.6. The molecule has 0 atom stereocenters. The van der Waals surface area contributed by atoms with E-state index in [1.165, 1.54) is 20.8 Å². The highest BCUT2D eigenvalue weighted by molar-refractivity contribution is 5.77. The molecule has 0 unspecified atom stereocenters. The zero-order valence-electron chi connectivity index (χ0n) is 20.1. The molecule has 0 spiro atoms. The number of carbonyl (C=O) groups is 4. The molecule has 0 bridgehead atoms. The number of hydrogen-bond donors (Lipinski definition) is 1. The summed E-state index contributed by atoms with van der Waals surface area (Å²) in [6.45, 7) is 5.49. The van der Waals surface area contributed by atoms with Crippen LogP contribution in [-0.2, 0) is 33.4 Å². The molecule has 0 aromatic heterocycles. The summed E-state index contributed by atoms with van der Waals surface area (Å²) in [6.07, 6.45) is 3.03. The van der Waals surface area contributed by atoms with Crippen LogP contribution in [0.2, 0.25) is 0 Å². The van der Waals surface area contributed by atoms with Crippen LogP contribution in [0.1, 0.15) is 65.7 Å². The largest absolute Gasteiger partial charge is 0.378 e. The topological polar surface area (TPSA) is 157 Å². The minimum atomic E-state index is -1.04. The number of nitrogens with zero attached hydrogens (tertiary/aromatic N) is 3. The first-order valence-corrected chi connectivity index (χ1v) is 11.2. The molecule has 1 amide bonds. The van der Waals surface area contributed by atoms with E-state index in [-0.39, 0.29) is 88.6 Å². The third kappa shape index (κ3) is 18.9. The summed E-state index contributed by atoms with van der Waals surface area (Å²) in [5, 5.41) is 6.42. The Bertz CT molecular complexity index is 608. The van der Waals surface area contributed by atoms with Gasteiger partial charge in [0.1, 0.15) is 22.9 Å². The summed E-state index contributed by atoms with van der Waals surface area (Å²) >= 11 is 0. The van der Waals surface area contributed by atoms with Crippen LogP contribution in [0, 0.1) is 0 Å². The zero-order valence-corrected chi connectivity index (χ0v) is 20.1. The standard InChI is InChI=1S/C22H38N4O7/c1-18(27)8-12-31-15-22(16-32-13-9-19(2)28,17-33-14-10-20(3)29)25-21(30)7-5-4-6-11-24-26-23/h4-17H2,1-3H3,(H,25,30). The molecule has 0 aliphatic rings. The number of rotatable bonds is 22. The first-order chi connectivity index (χ1) is 15.7. The van der Waals surface area contributed by atoms with Crippen molar-refractivity contribution in [1.29, 1.82) is 0 Å². The molecule has 0 aromatic carbocycles. The van der Waals surface area contributed by atoms with E-state index in [4.69, 9.17) is 19.7 Å². The fourth-order valence-electron chi connectivity index (χ4n) is 2.73. The van der Waals surface area contributed by atoms with Gasteiger partial charge in [0, 0.05) is 37.1 Å². The number of azide groups is 1. The smallest absolute Gasteiger partial charge is 0.220 e. The fourth-order valence-corrected chi connectivity index (χ4v) is 2.73. The highest BCUT2D eigenvalue weighted by atomic mass is 16.5. The van der Waals surface area contributed by atoms with Gasteiger partial charge in [-0.15, -0.1) is 0 Å². The Morgan fingerprint density at radius 2 is 1.21 bits per heavy atom. The molecular weight excluding hydrogens is 432 g/mol. The zero-order chi connectivity index (χ0) is 25.0. The van der Waals surface area contributed by atoms with Gasteiger partial charge in [0.05, 0.1) is 39.6 Å². The van der Waals surface area contributed by atoms with Gasteiger partial charge >= 0.3 is 0 Å². The number of Topliss-reactive ketones (excluding diaryl/α,β-unsaturated/α-hetero) is 3. The van der Waals surface area contributed by atoms with Crippen molar-refractivity contribution in [3.05, 3.63) is 10.4 Å². The first kappa shape index (κ1) is 30.7. The highest BCUT2D eigenvalue weighted by Crippen LogP contribution is 2.12. The van der Waals surface area contributed by atoms with Gasteiger partial charge < -0.3 is 19.5 Å². The first-order valence-electron chi connectivity index (χ1n) is 11.2. The van der Waals surface area contributed by atoms with E-state index in [0.29, 0.717) is 19.4 Å². The fraction of sp³-hybridized carbons (Fsp3) is 0.818. The van der Waals surface area contributed by atoms with Crippen LogP contribution in [0.15, 0.2) is 5.11 Å². The molecule has 0 radical (unpaired) electrons. The molecule has 0 rings (SSSR count). The van der Waals surface area contributed by atoms with Crippen molar-refractivity contribution in [2.45, 2.75) is 71.3 Å². The van der Waals surface area contributed by atoms with Crippen molar-refractivity contribution >= 4 is 23.3 Å². The summed E-state index contributed by atoms with van der Waals surface area (Å²) in [7, 11) is 0. The third-order valence-corrected chi connectivity index (χ3v) is 4.56. The van der Waals surface area contributed by atoms with Crippen molar-refractivity contribution in [1.82, 2.24) is 5.32 Å². The van der Waals surface area contributed by atoms with Gasteiger partial charge in [0.2, 0.25) is 5.91 Å². The van der Waals surface area contributed by atoms with Gasteiger partial charge in [-0.25, -0.2) is 0 Å². The number of amides is 1. The number of ether oxygens (including phenoxy) is 3. The number of unbranched alkanes of at least 4 members (excludes halogenated alkanes) is 2. The van der Waals surface area contributed by atoms with Gasteiger partial charge in [0.15, 0.2) is 0 Å². The van der Waals surface area contributed by atoms with Crippen LogP contribution >= 0.6 is 0 Å². The average molecular weight is 471 g/mol. The van der Waals surface area contributed by atoms with Crippen molar-refractivity contribution < 1.29 is 33.4 Å². The van der Waals surface area contributed by atoms with Gasteiger partial charge in [-0.3, -0.25) is 19.2 Å². The van der Waals surface area contributed by atoms with Gasteiger partial charge in [-0.1, -0.05) is 11.5 Å². The maximum Gasteiger partial charge on any atom is 0.220 e.